The molecule has 0 heterocycles. The second kappa shape index (κ2) is 16.4. The molecule has 0 radical (unpaired) electrons. The van der Waals surface area contributed by atoms with Gasteiger partial charge in [0.1, 0.15) is 0 Å². The lowest BCUT2D eigenvalue weighted by Crippen LogP contribution is -2.37. The number of urea groups is 1. The van der Waals surface area contributed by atoms with E-state index < -0.39 is 61.2 Å². The molecule has 0 aliphatic carbocycles. The van der Waals surface area contributed by atoms with Crippen molar-refractivity contribution in [2.45, 2.75) is 24.5 Å². The topological polar surface area (TPSA) is 67.4 Å². The summed E-state index contributed by atoms with van der Waals surface area (Å²) in [5.74, 6) is -0.713. The van der Waals surface area contributed by atoms with E-state index >= 15 is 0 Å². The van der Waals surface area contributed by atoms with Gasteiger partial charge in [0.25, 0.3) is 0 Å². The Hall–Kier alpha value is -5.93. The van der Waals surface area contributed by atoms with E-state index in [0.717, 1.165) is 10.6 Å². The number of hydrogen-bond donors (Lipinski definition) is 2. The Bertz CT molecular complexity index is 2110. The Morgan fingerprint density at radius 1 is 0.556 bits per heavy atom. The van der Waals surface area contributed by atoms with Gasteiger partial charge < -0.3 is 15.4 Å². The summed E-state index contributed by atoms with van der Waals surface area (Å²) in [6.45, 7) is 0. The number of esters is 1. The van der Waals surface area contributed by atoms with E-state index in [4.69, 9.17) is 4.74 Å². The number of halogens is 6. The summed E-state index contributed by atoms with van der Waals surface area (Å²) in [6.07, 6.45) is -11.5. The van der Waals surface area contributed by atoms with Gasteiger partial charge in [0.05, 0.1) is 22.7 Å². The van der Waals surface area contributed by atoms with Crippen LogP contribution in [0.4, 0.5) is 36.8 Å². The maximum absolute atomic E-state index is 14.4. The number of carbonyl (C=O) groups is 2. The number of carbonyl (C=O) groups excluding carboxylic acids is 2. The Labute approximate surface area is 308 Å². The standard InChI is InChI=1S/C42H31F6N2O3P/c43-41(44,45)30-25-31(42(46,47)48)27-32(26-30)49-40(52)50-37(28-15-5-1-6-16-28)38(29-17-7-2-8-18-29)53-39(51)35-23-13-14-24-36(35)54(33-19-9-3-10-20-33)34-21-11-4-12-22-34/h1-27,37-38H,(H2,49,50,52)/t37-,38+/m0/s1. The summed E-state index contributed by atoms with van der Waals surface area (Å²) >= 11 is 0. The minimum absolute atomic E-state index is 0.0277. The maximum Gasteiger partial charge on any atom is 0.416 e. The predicted octanol–water partition coefficient (Wildman–Crippen LogP) is 9.94. The van der Waals surface area contributed by atoms with Gasteiger partial charge in [0.2, 0.25) is 0 Å². The summed E-state index contributed by atoms with van der Waals surface area (Å²) in [6, 6.07) is 41.9. The molecule has 12 heteroatoms. The van der Waals surface area contributed by atoms with Gasteiger partial charge in [0.15, 0.2) is 6.10 Å². The maximum atomic E-state index is 14.4. The zero-order valence-corrected chi connectivity index (χ0v) is 29.1. The van der Waals surface area contributed by atoms with Crippen molar-refractivity contribution in [3.63, 3.8) is 0 Å². The van der Waals surface area contributed by atoms with Crippen LogP contribution in [0.2, 0.25) is 0 Å². The minimum atomic E-state index is -5.12. The molecular formula is C42H31F6N2O3P. The molecule has 6 rings (SSSR count). The third kappa shape index (κ3) is 9.16. The molecule has 54 heavy (non-hydrogen) atoms. The first-order valence-electron chi connectivity index (χ1n) is 16.6. The molecule has 0 fully saturated rings. The predicted molar refractivity (Wildman–Crippen MR) is 198 cm³/mol. The summed E-state index contributed by atoms with van der Waals surface area (Å²) in [5.41, 5.74) is -2.74. The van der Waals surface area contributed by atoms with Crippen LogP contribution in [0.25, 0.3) is 0 Å². The van der Waals surface area contributed by atoms with Crippen molar-refractivity contribution in [2.75, 3.05) is 5.32 Å². The SMILES string of the molecule is O=C(Nc1cc(C(F)(F)F)cc(C(F)(F)F)c1)N[C@@H](c1ccccc1)[C@H](OC(=O)c1ccccc1P(c1ccccc1)c1ccccc1)c1ccccc1. The molecule has 0 saturated carbocycles. The van der Waals surface area contributed by atoms with Crippen molar-refractivity contribution in [2.24, 2.45) is 0 Å². The van der Waals surface area contributed by atoms with Crippen molar-refractivity contribution in [3.05, 3.63) is 192 Å². The molecule has 2 N–H and O–H groups in total. The normalized spacial score (nSPS) is 12.8. The van der Waals surface area contributed by atoms with Crippen molar-refractivity contribution >= 4 is 41.5 Å². The molecule has 5 nitrogen and oxygen atoms in total. The van der Waals surface area contributed by atoms with Crippen LogP contribution in [0.15, 0.2) is 164 Å². The third-order valence-electron chi connectivity index (χ3n) is 8.35. The Balaban J connectivity index is 1.38. The number of rotatable bonds is 10. The van der Waals surface area contributed by atoms with Gasteiger partial charge in [-0.05, 0) is 59.2 Å². The van der Waals surface area contributed by atoms with Crippen LogP contribution >= 0.6 is 7.92 Å². The highest BCUT2D eigenvalue weighted by Gasteiger charge is 2.38. The Kier molecular flexibility index (Phi) is 11.5. The van der Waals surface area contributed by atoms with Crippen LogP contribution in [0.5, 0.6) is 0 Å². The summed E-state index contributed by atoms with van der Waals surface area (Å²) in [7, 11) is -1.24. The Morgan fingerprint density at radius 3 is 1.50 bits per heavy atom. The fraction of sp³-hybridized carbons (Fsp3) is 0.0952. The number of hydrogen-bond acceptors (Lipinski definition) is 3. The van der Waals surface area contributed by atoms with Gasteiger partial charge in [0, 0.05) is 5.69 Å². The zero-order valence-electron chi connectivity index (χ0n) is 28.2. The summed E-state index contributed by atoms with van der Waals surface area (Å²) < 4.78 is 87.8. The molecule has 2 atom stereocenters. The van der Waals surface area contributed by atoms with Gasteiger partial charge >= 0.3 is 24.4 Å². The molecule has 0 aromatic heterocycles. The highest BCUT2D eigenvalue weighted by atomic mass is 31.1. The fourth-order valence-corrected chi connectivity index (χ4v) is 8.34. The lowest BCUT2D eigenvalue weighted by molar-refractivity contribution is -0.143. The fourth-order valence-electron chi connectivity index (χ4n) is 5.90. The van der Waals surface area contributed by atoms with Crippen molar-refractivity contribution in [1.29, 1.82) is 0 Å². The molecule has 0 aliphatic rings. The van der Waals surface area contributed by atoms with E-state index in [-0.39, 0.29) is 11.6 Å². The molecule has 0 aliphatic heterocycles. The first kappa shape index (κ1) is 37.8. The lowest BCUT2D eigenvalue weighted by atomic mass is 9.95. The molecule has 0 spiro atoms. The van der Waals surface area contributed by atoms with Crippen LogP contribution in [0.1, 0.15) is 44.8 Å². The number of benzene rings is 6. The van der Waals surface area contributed by atoms with E-state index in [2.05, 4.69) is 10.6 Å². The zero-order chi connectivity index (χ0) is 38.3. The first-order chi connectivity index (χ1) is 25.9. The Morgan fingerprint density at radius 2 is 1.00 bits per heavy atom. The van der Waals surface area contributed by atoms with E-state index in [0.29, 0.717) is 28.6 Å². The molecule has 2 amide bonds. The second-order valence-corrected chi connectivity index (χ2v) is 14.2. The van der Waals surface area contributed by atoms with Gasteiger partial charge in [-0.15, -0.1) is 0 Å². The van der Waals surface area contributed by atoms with Crippen LogP contribution in [0.3, 0.4) is 0 Å². The molecule has 6 aromatic rings. The number of ether oxygens (including phenoxy) is 1. The molecule has 274 valence electrons. The largest absolute Gasteiger partial charge is 0.451 e. The molecule has 6 aromatic carbocycles. The van der Waals surface area contributed by atoms with Crippen LogP contribution in [-0.2, 0) is 17.1 Å². The molecular weight excluding hydrogens is 725 g/mol. The minimum Gasteiger partial charge on any atom is -0.451 e. The van der Waals surface area contributed by atoms with Crippen LogP contribution < -0.4 is 26.5 Å². The van der Waals surface area contributed by atoms with E-state index in [9.17, 15) is 35.9 Å². The third-order valence-corrected chi connectivity index (χ3v) is 10.9. The van der Waals surface area contributed by atoms with E-state index in [1.165, 1.54) is 0 Å². The molecule has 0 saturated heterocycles. The van der Waals surface area contributed by atoms with E-state index in [1.807, 2.05) is 72.8 Å². The number of amides is 2. The highest BCUT2D eigenvalue weighted by Crippen LogP contribution is 2.39. The van der Waals surface area contributed by atoms with Gasteiger partial charge in [-0.25, -0.2) is 9.59 Å². The average molecular weight is 757 g/mol. The molecule has 0 bridgehead atoms. The average Bonchev–Trinajstić information content (AvgIpc) is 3.17. The summed E-state index contributed by atoms with van der Waals surface area (Å²) in [5, 5.41) is 7.48. The second-order valence-electron chi connectivity index (χ2n) is 12.0. The number of nitrogens with one attached hydrogen (secondary N) is 2. The van der Waals surface area contributed by atoms with Crippen molar-refractivity contribution in [1.82, 2.24) is 5.32 Å². The first-order valence-corrected chi connectivity index (χ1v) is 17.9. The lowest BCUT2D eigenvalue weighted by Gasteiger charge is -2.30. The number of anilines is 1. The monoisotopic (exact) mass is 756 g/mol. The van der Waals surface area contributed by atoms with Crippen molar-refractivity contribution < 1.29 is 40.7 Å². The van der Waals surface area contributed by atoms with Crippen LogP contribution in [-0.4, -0.2) is 12.0 Å². The van der Waals surface area contributed by atoms with Crippen molar-refractivity contribution in [3.8, 4) is 0 Å². The van der Waals surface area contributed by atoms with Gasteiger partial charge in [-0.1, -0.05) is 140 Å². The van der Waals surface area contributed by atoms with Crippen LogP contribution in [0, 0.1) is 0 Å². The van der Waals surface area contributed by atoms with Gasteiger partial charge in [-0.2, -0.15) is 26.3 Å². The quantitative estimate of drug-likeness (QED) is 0.0831. The van der Waals surface area contributed by atoms with E-state index in [1.54, 1.807) is 72.8 Å². The summed E-state index contributed by atoms with van der Waals surface area (Å²) in [4.78, 5) is 28.0. The number of alkyl halides is 6. The molecule has 0 unspecified atom stereocenters. The smallest absolute Gasteiger partial charge is 0.416 e. The highest BCUT2D eigenvalue weighted by molar-refractivity contribution is 7.80. The van der Waals surface area contributed by atoms with Gasteiger partial charge in [-0.3, -0.25) is 0 Å².